The Morgan fingerprint density at radius 1 is 0.969 bits per heavy atom. The molecule has 168 valence electrons. The summed E-state index contributed by atoms with van der Waals surface area (Å²) < 4.78 is 33.1. The molecular formula is C25H28N2O4S. The Kier molecular flexibility index (Phi) is 7.53. The van der Waals surface area contributed by atoms with Crippen LogP contribution in [0, 0.1) is 6.92 Å². The van der Waals surface area contributed by atoms with Crippen LogP contribution in [0.3, 0.4) is 0 Å². The van der Waals surface area contributed by atoms with Crippen LogP contribution in [0.1, 0.15) is 36.1 Å². The van der Waals surface area contributed by atoms with Crippen molar-refractivity contribution in [3.8, 4) is 5.75 Å². The van der Waals surface area contributed by atoms with Gasteiger partial charge in [-0.2, -0.15) is 0 Å². The van der Waals surface area contributed by atoms with E-state index in [4.69, 9.17) is 4.74 Å². The van der Waals surface area contributed by atoms with Gasteiger partial charge in [0.2, 0.25) is 5.91 Å². The van der Waals surface area contributed by atoms with E-state index in [1.807, 2.05) is 50.2 Å². The van der Waals surface area contributed by atoms with Crippen LogP contribution in [0.15, 0.2) is 77.7 Å². The second kappa shape index (κ2) is 10.3. The average molecular weight is 453 g/mol. The predicted octanol–water partition coefficient (Wildman–Crippen LogP) is 4.61. The van der Waals surface area contributed by atoms with Gasteiger partial charge >= 0.3 is 0 Å². The van der Waals surface area contributed by atoms with Gasteiger partial charge in [-0.15, -0.1) is 0 Å². The highest BCUT2D eigenvalue weighted by Gasteiger charge is 2.15. The number of hydrogen-bond acceptors (Lipinski definition) is 4. The quantitative estimate of drug-likeness (QED) is 0.496. The van der Waals surface area contributed by atoms with Gasteiger partial charge in [0.1, 0.15) is 5.75 Å². The van der Waals surface area contributed by atoms with E-state index in [9.17, 15) is 13.2 Å². The highest BCUT2D eigenvalue weighted by atomic mass is 32.2. The SMILES string of the molecule is COc1ccccc1[C@@H](C)NC(=O)CCc1ccc(S(=O)(=O)Nc2ccc(C)cc2)cc1. The first-order valence-electron chi connectivity index (χ1n) is 10.4. The highest BCUT2D eigenvalue weighted by Crippen LogP contribution is 2.24. The number of carbonyl (C=O) groups excluding carboxylic acids is 1. The molecule has 3 aromatic rings. The monoisotopic (exact) mass is 452 g/mol. The molecule has 32 heavy (non-hydrogen) atoms. The molecule has 1 atom stereocenters. The fourth-order valence-electron chi connectivity index (χ4n) is 3.34. The molecule has 0 saturated heterocycles. The van der Waals surface area contributed by atoms with Crippen molar-refractivity contribution in [2.45, 2.75) is 37.6 Å². The van der Waals surface area contributed by atoms with Crippen LogP contribution < -0.4 is 14.8 Å². The van der Waals surface area contributed by atoms with E-state index in [0.29, 0.717) is 18.5 Å². The zero-order chi connectivity index (χ0) is 23.1. The van der Waals surface area contributed by atoms with Crippen molar-refractivity contribution in [2.24, 2.45) is 0 Å². The number of hydrogen-bond donors (Lipinski definition) is 2. The zero-order valence-corrected chi connectivity index (χ0v) is 19.3. The number of aryl methyl sites for hydroxylation is 2. The molecule has 7 heteroatoms. The lowest BCUT2D eigenvalue weighted by molar-refractivity contribution is -0.121. The Labute approximate surface area is 189 Å². The maximum absolute atomic E-state index is 12.6. The van der Waals surface area contributed by atoms with Gasteiger partial charge in [-0.05, 0) is 56.2 Å². The van der Waals surface area contributed by atoms with Gasteiger partial charge < -0.3 is 10.1 Å². The van der Waals surface area contributed by atoms with Crippen LogP contribution >= 0.6 is 0 Å². The molecule has 0 heterocycles. The van der Waals surface area contributed by atoms with Crippen LogP contribution in [-0.2, 0) is 21.2 Å². The van der Waals surface area contributed by atoms with Gasteiger partial charge in [-0.1, -0.05) is 48.0 Å². The third kappa shape index (κ3) is 6.11. The molecule has 0 unspecified atom stereocenters. The Morgan fingerprint density at radius 3 is 2.28 bits per heavy atom. The number of carbonyl (C=O) groups is 1. The lowest BCUT2D eigenvalue weighted by Gasteiger charge is -2.17. The summed E-state index contributed by atoms with van der Waals surface area (Å²) in [5.74, 6) is 0.650. The number of ether oxygens (including phenoxy) is 1. The molecule has 3 rings (SSSR count). The number of benzene rings is 3. The first-order chi connectivity index (χ1) is 15.3. The Balaban J connectivity index is 1.56. The largest absolute Gasteiger partial charge is 0.496 e. The zero-order valence-electron chi connectivity index (χ0n) is 18.5. The number of para-hydroxylation sites is 1. The van der Waals surface area contributed by atoms with E-state index >= 15 is 0 Å². The van der Waals surface area contributed by atoms with Crippen LogP contribution in [0.5, 0.6) is 5.75 Å². The second-order valence-corrected chi connectivity index (χ2v) is 9.33. The van der Waals surface area contributed by atoms with Crippen LogP contribution in [0.4, 0.5) is 5.69 Å². The first kappa shape index (κ1) is 23.3. The summed E-state index contributed by atoms with van der Waals surface area (Å²) in [5, 5.41) is 2.98. The minimum Gasteiger partial charge on any atom is -0.496 e. The molecule has 0 aromatic heterocycles. The molecule has 3 aromatic carbocycles. The van der Waals surface area contributed by atoms with E-state index in [1.165, 1.54) is 0 Å². The van der Waals surface area contributed by atoms with E-state index in [0.717, 1.165) is 22.4 Å². The van der Waals surface area contributed by atoms with Gasteiger partial charge in [0, 0.05) is 17.7 Å². The van der Waals surface area contributed by atoms with Crippen LogP contribution in [-0.4, -0.2) is 21.4 Å². The van der Waals surface area contributed by atoms with Crippen molar-refractivity contribution in [1.82, 2.24) is 5.32 Å². The Bertz CT molecular complexity index is 1160. The predicted molar refractivity (Wildman–Crippen MR) is 126 cm³/mol. The fraction of sp³-hybridized carbons (Fsp3) is 0.240. The molecule has 0 spiro atoms. The molecule has 0 aliphatic heterocycles. The number of methoxy groups -OCH3 is 1. The summed E-state index contributed by atoms with van der Waals surface area (Å²) in [4.78, 5) is 12.6. The lowest BCUT2D eigenvalue weighted by atomic mass is 10.1. The topological polar surface area (TPSA) is 84.5 Å². The van der Waals surface area contributed by atoms with E-state index < -0.39 is 10.0 Å². The Morgan fingerprint density at radius 2 is 1.62 bits per heavy atom. The number of nitrogens with one attached hydrogen (secondary N) is 2. The van der Waals surface area contributed by atoms with Crippen LogP contribution in [0.25, 0.3) is 0 Å². The van der Waals surface area contributed by atoms with E-state index in [-0.39, 0.29) is 16.8 Å². The highest BCUT2D eigenvalue weighted by molar-refractivity contribution is 7.92. The van der Waals surface area contributed by atoms with Crippen molar-refractivity contribution < 1.29 is 17.9 Å². The normalized spacial score (nSPS) is 12.1. The van der Waals surface area contributed by atoms with Crippen molar-refractivity contribution in [2.75, 3.05) is 11.8 Å². The van der Waals surface area contributed by atoms with Gasteiger partial charge in [0.15, 0.2) is 0 Å². The molecule has 0 aliphatic carbocycles. The number of sulfonamides is 1. The van der Waals surface area contributed by atoms with Crippen LogP contribution in [0.2, 0.25) is 0 Å². The molecular weight excluding hydrogens is 424 g/mol. The van der Waals surface area contributed by atoms with Gasteiger partial charge in [0.25, 0.3) is 10.0 Å². The Hall–Kier alpha value is -3.32. The van der Waals surface area contributed by atoms with Gasteiger partial charge in [-0.3, -0.25) is 9.52 Å². The van der Waals surface area contributed by atoms with E-state index in [2.05, 4.69) is 10.0 Å². The van der Waals surface area contributed by atoms with Gasteiger partial charge in [-0.25, -0.2) is 8.42 Å². The summed E-state index contributed by atoms with van der Waals surface area (Å²) in [6, 6.07) is 21.1. The lowest BCUT2D eigenvalue weighted by Crippen LogP contribution is -2.27. The molecule has 0 aliphatic rings. The van der Waals surface area contributed by atoms with Crippen molar-refractivity contribution >= 4 is 21.6 Å². The minimum absolute atomic E-state index is 0.0823. The summed E-state index contributed by atoms with van der Waals surface area (Å²) in [6.45, 7) is 3.85. The maximum atomic E-state index is 12.6. The minimum atomic E-state index is -3.67. The average Bonchev–Trinajstić information content (AvgIpc) is 2.79. The molecule has 2 N–H and O–H groups in total. The summed E-state index contributed by atoms with van der Waals surface area (Å²) in [6.07, 6.45) is 0.809. The summed E-state index contributed by atoms with van der Waals surface area (Å²) in [7, 11) is -2.06. The summed E-state index contributed by atoms with van der Waals surface area (Å²) >= 11 is 0. The molecule has 1 amide bonds. The fourth-order valence-corrected chi connectivity index (χ4v) is 4.40. The standard InChI is InChI=1S/C25H28N2O4S/c1-18-8-13-21(14-9-18)27-32(29,30)22-15-10-20(11-16-22)12-17-25(28)26-19(2)23-6-4-5-7-24(23)31-3/h4-11,13-16,19,27H,12,17H2,1-3H3,(H,26,28)/t19-/m1/s1. The summed E-state index contributed by atoms with van der Waals surface area (Å²) in [5.41, 5.74) is 3.37. The molecule has 0 radical (unpaired) electrons. The van der Waals surface area contributed by atoms with E-state index in [1.54, 1.807) is 43.5 Å². The molecule has 6 nitrogen and oxygen atoms in total. The second-order valence-electron chi connectivity index (χ2n) is 7.65. The number of amides is 1. The third-order valence-electron chi connectivity index (χ3n) is 5.16. The number of anilines is 1. The first-order valence-corrected chi connectivity index (χ1v) is 11.9. The molecule has 0 fully saturated rings. The van der Waals surface area contributed by atoms with Crippen molar-refractivity contribution in [3.05, 3.63) is 89.5 Å². The third-order valence-corrected chi connectivity index (χ3v) is 6.56. The molecule has 0 bridgehead atoms. The maximum Gasteiger partial charge on any atom is 0.261 e. The molecule has 0 saturated carbocycles. The van der Waals surface area contributed by atoms with Crippen molar-refractivity contribution in [3.63, 3.8) is 0 Å². The van der Waals surface area contributed by atoms with Crippen molar-refractivity contribution in [1.29, 1.82) is 0 Å². The number of rotatable bonds is 9. The smallest absolute Gasteiger partial charge is 0.261 e. The van der Waals surface area contributed by atoms with Gasteiger partial charge in [0.05, 0.1) is 18.0 Å².